The lowest BCUT2D eigenvalue weighted by molar-refractivity contribution is -0.156. The van der Waals surface area contributed by atoms with Crippen LogP contribution in [0.15, 0.2) is 23.3 Å². The Bertz CT molecular complexity index is 859. The third-order valence-corrected chi connectivity index (χ3v) is 7.36. The molecule has 0 aromatic carbocycles. The van der Waals surface area contributed by atoms with E-state index >= 15 is 0 Å². The Hall–Kier alpha value is -1.70. The van der Waals surface area contributed by atoms with Crippen LogP contribution in [-0.4, -0.2) is 30.5 Å². The molecule has 0 aliphatic heterocycles. The van der Waals surface area contributed by atoms with Crippen molar-refractivity contribution in [1.82, 2.24) is 29.9 Å². The van der Waals surface area contributed by atoms with E-state index < -0.39 is 0 Å². The summed E-state index contributed by atoms with van der Waals surface area (Å²) in [5, 5.41) is 12.1. The highest BCUT2D eigenvalue weighted by molar-refractivity contribution is 9.10. The van der Waals surface area contributed by atoms with E-state index in [4.69, 9.17) is 0 Å². The molecule has 4 saturated carbocycles. The fraction of sp³-hybridized carbons (Fsp3) is 0.684. The van der Waals surface area contributed by atoms with Crippen LogP contribution in [0.3, 0.4) is 0 Å². The van der Waals surface area contributed by atoms with Crippen molar-refractivity contribution in [3.05, 3.63) is 29.0 Å². The quantitative estimate of drug-likeness (QED) is 0.787. The van der Waals surface area contributed by atoms with Crippen molar-refractivity contribution < 1.29 is 4.79 Å². The topological polar surface area (TPSA) is 77.6 Å². The normalized spacial score (nSPS) is 34.1. The van der Waals surface area contributed by atoms with Gasteiger partial charge in [0.2, 0.25) is 10.6 Å². The highest BCUT2D eigenvalue weighted by Crippen LogP contribution is 2.64. The van der Waals surface area contributed by atoms with Crippen molar-refractivity contribution >= 4 is 21.8 Å². The maximum absolute atomic E-state index is 13.4. The zero-order valence-electron chi connectivity index (χ0n) is 15.6. The van der Waals surface area contributed by atoms with Gasteiger partial charge < -0.3 is 5.32 Å². The highest BCUT2D eigenvalue weighted by Gasteiger charge is 2.61. The van der Waals surface area contributed by atoms with Crippen molar-refractivity contribution in [3.63, 3.8) is 0 Å². The standard InChI is InChI=1S/C19H25BrN6O/c1-2-25-15(3-4-23-25)10-21-16(27)18-6-13-5-14(7-18)9-19(8-13,11-18)26-12-22-17(20)24-26/h3-4,12-14H,2,5-11H2,1H3,(H,21,27). The molecule has 27 heavy (non-hydrogen) atoms. The zero-order chi connectivity index (χ0) is 18.6. The molecule has 1 N–H and O–H groups in total. The molecule has 2 unspecified atom stereocenters. The van der Waals surface area contributed by atoms with Crippen molar-refractivity contribution in [3.8, 4) is 0 Å². The Balaban J connectivity index is 1.39. The number of aromatic nitrogens is 5. The number of aryl methyl sites for hydroxylation is 1. The Labute approximate surface area is 167 Å². The molecule has 2 aromatic rings. The molecule has 4 aliphatic carbocycles. The number of carbonyl (C=O) groups is 1. The minimum Gasteiger partial charge on any atom is -0.350 e. The summed E-state index contributed by atoms with van der Waals surface area (Å²) in [5.41, 5.74) is 0.746. The van der Waals surface area contributed by atoms with Crippen LogP contribution >= 0.6 is 15.9 Å². The summed E-state index contributed by atoms with van der Waals surface area (Å²) >= 11 is 3.38. The van der Waals surface area contributed by atoms with E-state index in [1.165, 1.54) is 6.42 Å². The van der Waals surface area contributed by atoms with Gasteiger partial charge in [-0.2, -0.15) is 5.10 Å². The molecule has 4 bridgehead atoms. The molecule has 6 rings (SSSR count). The van der Waals surface area contributed by atoms with Crippen molar-refractivity contribution in [2.24, 2.45) is 17.3 Å². The molecule has 0 saturated heterocycles. The molecule has 0 spiro atoms. The van der Waals surface area contributed by atoms with Crippen LogP contribution < -0.4 is 5.32 Å². The second-order valence-corrected chi connectivity index (χ2v) is 9.45. The molecule has 0 radical (unpaired) electrons. The fourth-order valence-electron chi connectivity index (χ4n) is 6.37. The van der Waals surface area contributed by atoms with E-state index in [9.17, 15) is 4.79 Å². The zero-order valence-corrected chi connectivity index (χ0v) is 17.2. The molecule has 4 fully saturated rings. The number of amides is 1. The second-order valence-electron chi connectivity index (χ2n) is 8.74. The molecule has 1 amide bonds. The van der Waals surface area contributed by atoms with Crippen molar-refractivity contribution in [1.29, 1.82) is 0 Å². The van der Waals surface area contributed by atoms with E-state index in [0.29, 0.717) is 23.1 Å². The summed E-state index contributed by atoms with van der Waals surface area (Å²) in [7, 11) is 0. The Morgan fingerprint density at radius 3 is 2.78 bits per heavy atom. The molecule has 2 aromatic heterocycles. The van der Waals surface area contributed by atoms with E-state index in [1.807, 2.05) is 21.8 Å². The lowest BCUT2D eigenvalue weighted by Crippen LogP contribution is -2.61. The maximum Gasteiger partial charge on any atom is 0.226 e. The van der Waals surface area contributed by atoms with Gasteiger partial charge in [-0.1, -0.05) is 0 Å². The number of hydrogen-bond acceptors (Lipinski definition) is 4. The lowest BCUT2D eigenvalue weighted by atomic mass is 9.46. The number of halogens is 1. The number of nitrogens with zero attached hydrogens (tertiary/aromatic N) is 5. The van der Waals surface area contributed by atoms with E-state index in [2.05, 4.69) is 43.4 Å². The second kappa shape index (κ2) is 6.15. The first-order valence-corrected chi connectivity index (χ1v) is 10.7. The van der Waals surface area contributed by atoms with Crippen LogP contribution in [0.25, 0.3) is 0 Å². The SMILES string of the molecule is CCn1nccc1CNC(=O)C12CC3CC(C1)CC(n1cnc(Br)n1)(C3)C2. The first-order valence-electron chi connectivity index (χ1n) is 9.89. The third-order valence-electron chi connectivity index (χ3n) is 7.00. The molecule has 2 atom stereocenters. The highest BCUT2D eigenvalue weighted by atomic mass is 79.9. The van der Waals surface area contributed by atoms with Gasteiger partial charge in [-0.25, -0.2) is 9.67 Å². The third kappa shape index (κ3) is 2.75. The van der Waals surface area contributed by atoms with Crippen LogP contribution in [0, 0.1) is 17.3 Å². The Morgan fingerprint density at radius 1 is 1.33 bits per heavy atom. The Kier molecular flexibility index (Phi) is 3.97. The summed E-state index contributed by atoms with van der Waals surface area (Å²) in [6.45, 7) is 3.43. The molecule has 8 heteroatoms. The van der Waals surface area contributed by atoms with Gasteiger partial charge in [0.05, 0.1) is 23.2 Å². The van der Waals surface area contributed by atoms with Gasteiger partial charge in [-0.3, -0.25) is 9.48 Å². The molecule has 2 heterocycles. The monoisotopic (exact) mass is 432 g/mol. The number of carbonyl (C=O) groups excluding carboxylic acids is 1. The molecular weight excluding hydrogens is 408 g/mol. The molecule has 7 nitrogen and oxygen atoms in total. The van der Waals surface area contributed by atoms with Crippen LogP contribution in [0.1, 0.15) is 51.1 Å². The first kappa shape index (κ1) is 17.4. The molecular formula is C19H25BrN6O. The summed E-state index contributed by atoms with van der Waals surface area (Å²) in [6.07, 6.45) is 10.0. The van der Waals surface area contributed by atoms with Gasteiger partial charge in [0.1, 0.15) is 6.33 Å². The maximum atomic E-state index is 13.4. The average Bonchev–Trinajstić information content (AvgIpc) is 3.27. The van der Waals surface area contributed by atoms with E-state index in [1.54, 1.807) is 6.20 Å². The molecule has 144 valence electrons. The summed E-state index contributed by atoms with van der Waals surface area (Å²) < 4.78 is 4.61. The Morgan fingerprint density at radius 2 is 2.11 bits per heavy atom. The summed E-state index contributed by atoms with van der Waals surface area (Å²) in [4.78, 5) is 17.7. The smallest absolute Gasteiger partial charge is 0.226 e. The van der Waals surface area contributed by atoms with Gasteiger partial charge >= 0.3 is 0 Å². The fourth-order valence-corrected chi connectivity index (χ4v) is 6.64. The minimum absolute atomic E-state index is 0.0500. The van der Waals surface area contributed by atoms with Crippen molar-refractivity contribution in [2.45, 2.75) is 64.1 Å². The van der Waals surface area contributed by atoms with E-state index in [0.717, 1.165) is 44.3 Å². The lowest BCUT2D eigenvalue weighted by Gasteiger charge is -2.60. The predicted octanol–water partition coefficient (Wildman–Crippen LogP) is 2.87. The van der Waals surface area contributed by atoms with Gasteiger partial charge in [0.15, 0.2) is 0 Å². The van der Waals surface area contributed by atoms with Crippen LogP contribution in [0.4, 0.5) is 0 Å². The van der Waals surface area contributed by atoms with Crippen LogP contribution in [0.2, 0.25) is 0 Å². The average molecular weight is 433 g/mol. The van der Waals surface area contributed by atoms with Crippen LogP contribution in [-0.2, 0) is 23.4 Å². The first-order chi connectivity index (χ1) is 13.0. The number of hydrogen-bond donors (Lipinski definition) is 1. The van der Waals surface area contributed by atoms with Gasteiger partial charge in [-0.05, 0) is 79.3 Å². The number of rotatable bonds is 5. The predicted molar refractivity (Wildman–Crippen MR) is 103 cm³/mol. The van der Waals surface area contributed by atoms with Gasteiger partial charge in [-0.15, -0.1) is 5.10 Å². The van der Waals surface area contributed by atoms with Crippen molar-refractivity contribution in [2.75, 3.05) is 0 Å². The number of nitrogens with one attached hydrogen (secondary N) is 1. The van der Waals surface area contributed by atoms with Gasteiger partial charge in [0, 0.05) is 12.7 Å². The summed E-state index contributed by atoms with van der Waals surface area (Å²) in [5.74, 6) is 1.44. The largest absolute Gasteiger partial charge is 0.350 e. The molecule has 4 aliphatic rings. The van der Waals surface area contributed by atoms with Gasteiger partial charge in [0.25, 0.3) is 0 Å². The summed E-state index contributed by atoms with van der Waals surface area (Å²) in [6, 6.07) is 1.98. The van der Waals surface area contributed by atoms with E-state index in [-0.39, 0.29) is 16.9 Å². The van der Waals surface area contributed by atoms with Crippen LogP contribution in [0.5, 0.6) is 0 Å². The minimum atomic E-state index is -0.264.